The monoisotopic (exact) mass is 423 g/mol. The SMILES string of the molecule is Nc1ccc2c(c1)c1ccc3c4ccccc4n(-c4ccccc4)c3c1n2-c1ccccc1. The van der Waals surface area contributed by atoms with Crippen LogP contribution in [0.25, 0.3) is 55.0 Å². The Morgan fingerprint density at radius 2 is 0.939 bits per heavy atom. The van der Waals surface area contributed by atoms with E-state index in [2.05, 4.69) is 118 Å². The molecule has 3 heteroatoms. The maximum Gasteiger partial charge on any atom is 0.0788 e. The van der Waals surface area contributed by atoms with Crippen LogP contribution < -0.4 is 5.73 Å². The molecule has 0 unspecified atom stereocenters. The number of hydrogen-bond acceptors (Lipinski definition) is 1. The number of hydrogen-bond donors (Lipinski definition) is 1. The Kier molecular flexibility index (Phi) is 3.70. The third-order valence-corrected chi connectivity index (χ3v) is 6.61. The van der Waals surface area contributed by atoms with Crippen LogP contribution in [-0.4, -0.2) is 9.13 Å². The van der Waals surface area contributed by atoms with Crippen molar-refractivity contribution in [3.63, 3.8) is 0 Å². The Balaban J connectivity index is 1.80. The second-order valence-corrected chi connectivity index (χ2v) is 8.49. The molecule has 0 aliphatic rings. The topological polar surface area (TPSA) is 35.9 Å². The summed E-state index contributed by atoms with van der Waals surface area (Å²) in [5.74, 6) is 0. The molecule has 2 heterocycles. The second-order valence-electron chi connectivity index (χ2n) is 8.49. The molecule has 7 rings (SSSR count). The first kappa shape index (κ1) is 18.1. The van der Waals surface area contributed by atoms with Crippen LogP contribution in [0.5, 0.6) is 0 Å². The largest absolute Gasteiger partial charge is 0.399 e. The van der Waals surface area contributed by atoms with Crippen LogP contribution >= 0.6 is 0 Å². The molecule has 0 bridgehead atoms. The average molecular weight is 424 g/mol. The predicted molar refractivity (Wildman–Crippen MR) is 140 cm³/mol. The number of nitrogens with two attached hydrogens (primary N) is 1. The summed E-state index contributed by atoms with van der Waals surface area (Å²) in [5, 5.41) is 4.87. The van der Waals surface area contributed by atoms with E-state index in [-0.39, 0.29) is 0 Å². The van der Waals surface area contributed by atoms with E-state index in [1.807, 2.05) is 6.07 Å². The van der Waals surface area contributed by atoms with Crippen molar-refractivity contribution in [2.24, 2.45) is 0 Å². The summed E-state index contributed by atoms with van der Waals surface area (Å²) in [7, 11) is 0. The number of anilines is 1. The van der Waals surface area contributed by atoms with Crippen LogP contribution in [-0.2, 0) is 0 Å². The molecule has 156 valence electrons. The fourth-order valence-corrected chi connectivity index (χ4v) is 5.26. The number of rotatable bonds is 2. The Labute approximate surface area is 190 Å². The number of para-hydroxylation sites is 3. The quantitative estimate of drug-likeness (QED) is 0.288. The van der Waals surface area contributed by atoms with E-state index in [1.54, 1.807) is 0 Å². The molecule has 33 heavy (non-hydrogen) atoms. The Morgan fingerprint density at radius 3 is 1.58 bits per heavy atom. The highest BCUT2D eigenvalue weighted by Gasteiger charge is 2.20. The van der Waals surface area contributed by atoms with Gasteiger partial charge in [0.05, 0.1) is 22.1 Å². The molecule has 0 saturated carbocycles. The molecule has 0 spiro atoms. The number of benzene rings is 5. The van der Waals surface area contributed by atoms with Gasteiger partial charge in [-0.25, -0.2) is 0 Å². The fourth-order valence-electron chi connectivity index (χ4n) is 5.26. The minimum absolute atomic E-state index is 0.776. The van der Waals surface area contributed by atoms with Crippen molar-refractivity contribution in [1.82, 2.24) is 9.13 Å². The second kappa shape index (κ2) is 6.75. The molecule has 0 aliphatic heterocycles. The first-order chi connectivity index (χ1) is 16.3. The zero-order valence-electron chi connectivity index (χ0n) is 17.9. The highest BCUT2D eigenvalue weighted by Crippen LogP contribution is 2.41. The molecule has 0 saturated heterocycles. The van der Waals surface area contributed by atoms with E-state index in [0.29, 0.717) is 0 Å². The first-order valence-electron chi connectivity index (χ1n) is 11.2. The van der Waals surface area contributed by atoms with Crippen molar-refractivity contribution in [2.45, 2.75) is 0 Å². The van der Waals surface area contributed by atoms with Crippen molar-refractivity contribution < 1.29 is 0 Å². The normalized spacial score (nSPS) is 11.8. The van der Waals surface area contributed by atoms with Gasteiger partial charge in [0.15, 0.2) is 0 Å². The predicted octanol–water partition coefficient (Wildman–Crippen LogP) is 7.46. The third kappa shape index (κ3) is 2.50. The van der Waals surface area contributed by atoms with Crippen molar-refractivity contribution in [3.05, 3.63) is 115 Å². The molecule has 2 aromatic heterocycles. The van der Waals surface area contributed by atoms with Gasteiger partial charge in [-0.05, 0) is 48.5 Å². The van der Waals surface area contributed by atoms with E-state index in [0.717, 1.165) is 22.6 Å². The van der Waals surface area contributed by atoms with Gasteiger partial charge in [0.25, 0.3) is 0 Å². The maximum atomic E-state index is 6.24. The van der Waals surface area contributed by atoms with Gasteiger partial charge in [0.2, 0.25) is 0 Å². The van der Waals surface area contributed by atoms with E-state index >= 15 is 0 Å². The van der Waals surface area contributed by atoms with E-state index in [9.17, 15) is 0 Å². The number of aromatic nitrogens is 2. The Bertz CT molecular complexity index is 1810. The van der Waals surface area contributed by atoms with Gasteiger partial charge in [-0.2, -0.15) is 0 Å². The van der Waals surface area contributed by atoms with Crippen LogP contribution in [0.4, 0.5) is 5.69 Å². The van der Waals surface area contributed by atoms with Crippen LogP contribution in [0.2, 0.25) is 0 Å². The average Bonchev–Trinajstić information content (AvgIpc) is 3.38. The maximum absolute atomic E-state index is 6.24. The molecule has 3 nitrogen and oxygen atoms in total. The standard InChI is InChI=1S/C30H21N3/c31-20-15-18-28-26(19-20)25-17-16-24-23-13-7-8-14-27(23)32(21-9-3-1-4-10-21)29(24)30(25)33(28)22-11-5-2-6-12-22/h1-19H,31H2. The molecule has 2 N–H and O–H groups in total. The molecule has 7 aromatic rings. The molecule has 0 aliphatic carbocycles. The van der Waals surface area contributed by atoms with Gasteiger partial charge >= 0.3 is 0 Å². The summed E-state index contributed by atoms with van der Waals surface area (Å²) in [5.41, 5.74) is 14.1. The smallest absolute Gasteiger partial charge is 0.0788 e. The first-order valence-corrected chi connectivity index (χ1v) is 11.2. The highest BCUT2D eigenvalue weighted by molar-refractivity contribution is 6.24. The van der Waals surface area contributed by atoms with Crippen molar-refractivity contribution in [3.8, 4) is 11.4 Å². The minimum Gasteiger partial charge on any atom is -0.399 e. The van der Waals surface area contributed by atoms with E-state index < -0.39 is 0 Å². The molecule has 0 fully saturated rings. The van der Waals surface area contributed by atoms with E-state index in [1.165, 1.54) is 38.1 Å². The van der Waals surface area contributed by atoms with Gasteiger partial charge in [0.1, 0.15) is 0 Å². The van der Waals surface area contributed by atoms with Crippen molar-refractivity contribution in [1.29, 1.82) is 0 Å². The van der Waals surface area contributed by atoms with Crippen LogP contribution in [0.3, 0.4) is 0 Å². The highest BCUT2D eigenvalue weighted by atomic mass is 15.0. The lowest BCUT2D eigenvalue weighted by Gasteiger charge is -2.12. The third-order valence-electron chi connectivity index (χ3n) is 6.61. The van der Waals surface area contributed by atoms with Crippen LogP contribution in [0, 0.1) is 0 Å². The summed E-state index contributed by atoms with van der Waals surface area (Å²) in [6.45, 7) is 0. The Hall–Kier alpha value is -4.50. The molecular weight excluding hydrogens is 402 g/mol. The van der Waals surface area contributed by atoms with Gasteiger partial charge in [-0.3, -0.25) is 0 Å². The summed E-state index contributed by atoms with van der Waals surface area (Å²) in [6, 6.07) is 40.6. The number of nitrogens with zero attached hydrogens (tertiary/aromatic N) is 2. The molecule has 0 radical (unpaired) electrons. The summed E-state index contributed by atoms with van der Waals surface area (Å²) in [4.78, 5) is 0. The van der Waals surface area contributed by atoms with Gasteiger partial charge < -0.3 is 14.9 Å². The number of nitrogen functional groups attached to an aromatic ring is 1. The lowest BCUT2D eigenvalue weighted by molar-refractivity contribution is 1.15. The molecule has 0 amide bonds. The number of fused-ring (bicyclic) bond motifs is 7. The molecule has 0 atom stereocenters. The minimum atomic E-state index is 0.776. The van der Waals surface area contributed by atoms with Crippen molar-refractivity contribution >= 4 is 49.3 Å². The van der Waals surface area contributed by atoms with Crippen molar-refractivity contribution in [2.75, 3.05) is 5.73 Å². The summed E-state index contributed by atoms with van der Waals surface area (Å²) >= 11 is 0. The van der Waals surface area contributed by atoms with Gasteiger partial charge in [-0.1, -0.05) is 66.7 Å². The molecule has 5 aromatic carbocycles. The zero-order chi connectivity index (χ0) is 21.9. The van der Waals surface area contributed by atoms with Gasteiger partial charge in [0, 0.05) is 38.6 Å². The van der Waals surface area contributed by atoms with Crippen LogP contribution in [0.1, 0.15) is 0 Å². The lowest BCUT2D eigenvalue weighted by Crippen LogP contribution is -1.98. The fraction of sp³-hybridized carbons (Fsp3) is 0. The Morgan fingerprint density at radius 1 is 0.424 bits per heavy atom. The van der Waals surface area contributed by atoms with E-state index in [4.69, 9.17) is 5.73 Å². The summed E-state index contributed by atoms with van der Waals surface area (Å²) in [6.07, 6.45) is 0. The van der Waals surface area contributed by atoms with Gasteiger partial charge in [-0.15, -0.1) is 0 Å². The van der Waals surface area contributed by atoms with Crippen LogP contribution in [0.15, 0.2) is 115 Å². The molecular formula is C30H21N3. The lowest BCUT2D eigenvalue weighted by atomic mass is 10.1. The summed E-state index contributed by atoms with van der Waals surface area (Å²) < 4.78 is 4.78. The zero-order valence-corrected chi connectivity index (χ0v) is 17.9.